The normalized spacial score (nSPS) is 23.5. The van der Waals surface area contributed by atoms with Gasteiger partial charge in [0.15, 0.2) is 5.65 Å². The second-order valence-electron chi connectivity index (χ2n) is 6.78. The summed E-state index contributed by atoms with van der Waals surface area (Å²) >= 11 is 5.96. The molecule has 4 unspecified atom stereocenters. The predicted octanol–water partition coefficient (Wildman–Crippen LogP) is 2.43. The monoisotopic (exact) mass is 439 g/mol. The number of benzene rings is 1. The fraction of sp³-hybridized carbons (Fsp3) is 0.353. The Morgan fingerprint density at radius 1 is 1.34 bits per heavy atom. The lowest BCUT2D eigenvalue weighted by Gasteiger charge is -2.44. The van der Waals surface area contributed by atoms with Crippen LogP contribution in [0.3, 0.4) is 0 Å². The van der Waals surface area contributed by atoms with Crippen molar-refractivity contribution in [2.75, 3.05) is 18.9 Å². The van der Waals surface area contributed by atoms with E-state index in [9.17, 15) is 14.6 Å². The first-order valence-corrected chi connectivity index (χ1v) is 10.7. The molecule has 4 atom stereocenters. The van der Waals surface area contributed by atoms with Crippen LogP contribution in [0.15, 0.2) is 36.8 Å². The maximum absolute atomic E-state index is 12.4. The fourth-order valence-electron chi connectivity index (χ4n) is 3.49. The van der Waals surface area contributed by atoms with Crippen LogP contribution in [-0.4, -0.2) is 42.7 Å². The Morgan fingerprint density at radius 3 is 2.90 bits per heavy atom. The molecule has 154 valence electrons. The average Bonchev–Trinajstić information content (AvgIpc) is 3.06. The highest BCUT2D eigenvalue weighted by Crippen LogP contribution is 2.50. The summed E-state index contributed by atoms with van der Waals surface area (Å²) in [6.07, 6.45) is 3.78. The highest BCUT2D eigenvalue weighted by molar-refractivity contribution is 7.47. The van der Waals surface area contributed by atoms with Gasteiger partial charge in [-0.3, -0.25) is 9.42 Å². The molecule has 1 fully saturated rings. The van der Waals surface area contributed by atoms with E-state index in [0.717, 1.165) is 0 Å². The van der Waals surface area contributed by atoms with Gasteiger partial charge in [-0.15, -0.1) is 0 Å². The third kappa shape index (κ3) is 4.08. The number of imidazole rings is 1. The molecular formula is C17H19ClN5O5P. The van der Waals surface area contributed by atoms with Gasteiger partial charge in [-0.2, -0.15) is 4.98 Å². The molecule has 0 radical (unpaired) electrons. The second-order valence-corrected chi connectivity index (χ2v) is 8.57. The van der Waals surface area contributed by atoms with Crippen LogP contribution in [0.1, 0.15) is 12.5 Å². The van der Waals surface area contributed by atoms with Gasteiger partial charge in [-0.05, 0) is 24.5 Å². The topological polar surface area (TPSA) is 146 Å². The lowest BCUT2D eigenvalue weighted by molar-refractivity contribution is -0.00475. The molecule has 1 aliphatic carbocycles. The molecule has 12 heteroatoms. The molecule has 0 spiro atoms. The number of aromatic nitrogens is 4. The van der Waals surface area contributed by atoms with Crippen LogP contribution in [0.25, 0.3) is 11.2 Å². The van der Waals surface area contributed by atoms with Crippen molar-refractivity contribution >= 4 is 36.5 Å². The Balaban J connectivity index is 1.49. The molecule has 0 saturated heterocycles. The molecule has 4 rings (SSSR count). The summed E-state index contributed by atoms with van der Waals surface area (Å²) in [5.41, 5.74) is 6.82. The Labute approximate surface area is 170 Å². The molecule has 2 aromatic heterocycles. The molecule has 0 bridgehead atoms. The fourth-order valence-corrected chi connectivity index (χ4v) is 4.54. The highest BCUT2D eigenvalue weighted by atomic mass is 35.5. The summed E-state index contributed by atoms with van der Waals surface area (Å²) in [6, 6.07) is 6.18. The van der Waals surface area contributed by atoms with Crippen LogP contribution in [0.2, 0.25) is 5.02 Å². The number of hydrogen-bond donors (Lipinski definition) is 3. The van der Waals surface area contributed by atoms with Gasteiger partial charge in [0.1, 0.15) is 11.3 Å². The molecule has 10 nitrogen and oxygen atoms in total. The number of anilines is 1. The first-order valence-electron chi connectivity index (χ1n) is 8.85. The van der Waals surface area contributed by atoms with Crippen molar-refractivity contribution in [2.24, 2.45) is 11.8 Å². The second kappa shape index (κ2) is 7.89. The largest absolute Gasteiger partial charge is 0.527 e. The van der Waals surface area contributed by atoms with Crippen LogP contribution < -0.4 is 10.3 Å². The SMILES string of the molecule is Nc1ncc2ncn(C3CC(CO)C3COP(=O)(O)Oc3ccccc3Cl)c2n1. The summed E-state index contributed by atoms with van der Waals surface area (Å²) in [5, 5.41) is 9.82. The maximum Gasteiger partial charge on any atom is 0.527 e. The number of phosphoric acid groups is 1. The molecule has 1 aliphatic rings. The summed E-state index contributed by atoms with van der Waals surface area (Å²) < 4.78 is 24.5. The molecule has 1 saturated carbocycles. The number of fused-ring (bicyclic) bond motifs is 1. The maximum atomic E-state index is 12.4. The summed E-state index contributed by atoms with van der Waals surface area (Å²) in [6.45, 7) is -0.177. The van der Waals surface area contributed by atoms with E-state index in [4.69, 9.17) is 26.4 Å². The van der Waals surface area contributed by atoms with Crippen LogP contribution in [0.5, 0.6) is 5.75 Å². The van der Waals surface area contributed by atoms with Crippen molar-refractivity contribution in [1.82, 2.24) is 19.5 Å². The van der Waals surface area contributed by atoms with Crippen LogP contribution in [0, 0.1) is 11.8 Å². The summed E-state index contributed by atoms with van der Waals surface area (Å²) in [4.78, 5) is 22.5. The smallest absolute Gasteiger partial charge is 0.403 e. The van der Waals surface area contributed by atoms with Crippen LogP contribution in [0.4, 0.5) is 5.95 Å². The number of aliphatic hydroxyl groups excluding tert-OH is 1. The van der Waals surface area contributed by atoms with E-state index in [0.29, 0.717) is 17.6 Å². The minimum absolute atomic E-state index is 0.0525. The minimum Gasteiger partial charge on any atom is -0.403 e. The van der Waals surface area contributed by atoms with E-state index in [1.807, 2.05) is 4.57 Å². The Bertz CT molecular complexity index is 1080. The number of hydrogen-bond acceptors (Lipinski definition) is 8. The van der Waals surface area contributed by atoms with Crippen molar-refractivity contribution < 1.29 is 23.6 Å². The Hall–Kier alpha value is -2.23. The molecule has 3 aromatic rings. The van der Waals surface area contributed by atoms with Gasteiger partial charge in [0.05, 0.1) is 24.2 Å². The number of phosphoric ester groups is 1. The van der Waals surface area contributed by atoms with Crippen molar-refractivity contribution in [3.63, 3.8) is 0 Å². The first-order chi connectivity index (χ1) is 13.9. The van der Waals surface area contributed by atoms with Crippen LogP contribution >= 0.6 is 19.4 Å². The zero-order valence-electron chi connectivity index (χ0n) is 15.1. The van der Waals surface area contributed by atoms with E-state index >= 15 is 0 Å². The van der Waals surface area contributed by atoms with Gasteiger partial charge >= 0.3 is 7.82 Å². The first kappa shape index (κ1) is 20.1. The van der Waals surface area contributed by atoms with Gasteiger partial charge in [0.2, 0.25) is 5.95 Å². The lowest BCUT2D eigenvalue weighted by Crippen LogP contribution is -2.43. The predicted molar refractivity (Wildman–Crippen MR) is 105 cm³/mol. The van der Waals surface area contributed by atoms with E-state index in [-0.39, 0.29) is 47.8 Å². The zero-order valence-corrected chi connectivity index (χ0v) is 16.8. The molecule has 4 N–H and O–H groups in total. The number of aliphatic hydroxyl groups is 1. The molecule has 29 heavy (non-hydrogen) atoms. The van der Waals surface area contributed by atoms with E-state index in [2.05, 4.69) is 15.0 Å². The third-order valence-corrected chi connectivity index (χ3v) is 6.27. The van der Waals surface area contributed by atoms with Crippen molar-refractivity contribution in [3.8, 4) is 5.75 Å². The summed E-state index contributed by atoms with van der Waals surface area (Å²) in [5.74, 6) is -0.171. The molecule has 1 aromatic carbocycles. The zero-order chi connectivity index (χ0) is 20.6. The van der Waals surface area contributed by atoms with Gasteiger partial charge in [0, 0.05) is 18.6 Å². The van der Waals surface area contributed by atoms with E-state index < -0.39 is 7.82 Å². The molecular weight excluding hydrogens is 421 g/mol. The molecule has 0 amide bonds. The van der Waals surface area contributed by atoms with Gasteiger partial charge < -0.3 is 19.9 Å². The lowest BCUT2D eigenvalue weighted by atomic mass is 9.70. The number of halogens is 1. The van der Waals surface area contributed by atoms with Crippen LogP contribution in [-0.2, 0) is 9.09 Å². The Kier molecular flexibility index (Phi) is 5.46. The number of rotatable bonds is 7. The summed E-state index contributed by atoms with van der Waals surface area (Å²) in [7, 11) is -4.41. The van der Waals surface area contributed by atoms with Gasteiger partial charge in [-0.1, -0.05) is 23.7 Å². The number of nitrogens with zero attached hydrogens (tertiary/aromatic N) is 4. The standard InChI is InChI=1S/C17H19ClN5O5P/c18-12-3-1-2-4-15(12)28-29(25,26)27-8-11-10(7-24)5-14(11)23-9-21-13-6-20-17(19)22-16(13)23/h1-4,6,9-11,14,24H,5,7-8H2,(H,25,26)(H2,19,20,22). The van der Waals surface area contributed by atoms with Gasteiger partial charge in [0.25, 0.3) is 0 Å². The van der Waals surface area contributed by atoms with Gasteiger partial charge in [-0.25, -0.2) is 14.5 Å². The number of nitrogen functional groups attached to an aromatic ring is 1. The van der Waals surface area contributed by atoms with Crippen molar-refractivity contribution in [1.29, 1.82) is 0 Å². The number of para-hydroxylation sites is 1. The van der Waals surface area contributed by atoms with E-state index in [1.54, 1.807) is 24.5 Å². The quantitative estimate of drug-likeness (QED) is 0.472. The number of nitrogens with two attached hydrogens (primary N) is 1. The van der Waals surface area contributed by atoms with E-state index in [1.165, 1.54) is 12.3 Å². The Morgan fingerprint density at radius 2 is 2.14 bits per heavy atom. The highest BCUT2D eigenvalue weighted by Gasteiger charge is 2.44. The average molecular weight is 440 g/mol. The minimum atomic E-state index is -4.41. The molecule has 2 heterocycles. The van der Waals surface area contributed by atoms with Crippen molar-refractivity contribution in [2.45, 2.75) is 12.5 Å². The third-order valence-electron chi connectivity index (χ3n) is 5.05. The molecule has 0 aliphatic heterocycles. The van der Waals surface area contributed by atoms with Crippen molar-refractivity contribution in [3.05, 3.63) is 41.8 Å².